The van der Waals surface area contributed by atoms with Crippen LogP contribution in [0.25, 0.3) is 0 Å². The summed E-state index contributed by atoms with van der Waals surface area (Å²) in [6.07, 6.45) is 5.65. The zero-order chi connectivity index (χ0) is 21.2. The van der Waals surface area contributed by atoms with E-state index in [2.05, 4.69) is 17.0 Å². The minimum Gasteiger partial charge on any atom is -0.337 e. The van der Waals surface area contributed by atoms with Crippen molar-refractivity contribution < 1.29 is 8.60 Å². The first kappa shape index (κ1) is 21.6. The van der Waals surface area contributed by atoms with Crippen molar-refractivity contribution in [3.8, 4) is 0 Å². The highest BCUT2D eigenvalue weighted by Gasteiger charge is 2.48. The average molecular weight is 420 g/mol. The highest BCUT2D eigenvalue weighted by molar-refractivity contribution is 7.88. The van der Waals surface area contributed by atoms with E-state index in [1.165, 1.54) is 10.6 Å². The van der Waals surface area contributed by atoms with Crippen molar-refractivity contribution in [3.63, 3.8) is 0 Å². The van der Waals surface area contributed by atoms with Crippen LogP contribution in [0.15, 0.2) is 29.1 Å². The molecule has 1 aromatic heterocycles. The van der Waals surface area contributed by atoms with Crippen LogP contribution in [0.4, 0.5) is 21.6 Å². The van der Waals surface area contributed by atoms with Gasteiger partial charge in [0.15, 0.2) is 0 Å². The lowest BCUT2D eigenvalue weighted by Gasteiger charge is -2.21. The Labute approximate surface area is 174 Å². The second kappa shape index (κ2) is 8.69. The van der Waals surface area contributed by atoms with E-state index in [1.807, 2.05) is 13.0 Å². The molecule has 0 amide bonds. The van der Waals surface area contributed by atoms with Gasteiger partial charge in [0, 0.05) is 12.6 Å². The van der Waals surface area contributed by atoms with Crippen LogP contribution in [-0.4, -0.2) is 13.5 Å². The minimum atomic E-state index is -1.27. The zero-order valence-electron chi connectivity index (χ0n) is 17.6. The van der Waals surface area contributed by atoms with Crippen LogP contribution in [0.1, 0.15) is 57.1 Å². The number of unbranched alkanes of at least 4 members (excludes halogenated alkanes) is 1. The summed E-state index contributed by atoms with van der Waals surface area (Å²) in [4.78, 5) is 12.5. The molecular formula is C22H30FN3O2S. The Bertz CT molecular complexity index is 983. The highest BCUT2D eigenvalue weighted by Crippen LogP contribution is 2.46. The summed E-state index contributed by atoms with van der Waals surface area (Å²) in [6.45, 7) is 5.82. The standard InChI is InChI=1S/C22H30FN3O2S/c1-5-7-10-22(11-12-22)29(28)25-19-13-15(3)21(27)26(4)20(19)24-18-9-8-16(6-2)14-17(18)23/h8-9,13-14,24-25H,5-7,10-12H2,1-4H3. The molecule has 29 heavy (non-hydrogen) atoms. The summed E-state index contributed by atoms with van der Waals surface area (Å²) >= 11 is 0. The molecule has 1 unspecified atom stereocenters. The molecule has 0 radical (unpaired) electrons. The summed E-state index contributed by atoms with van der Waals surface area (Å²) in [5, 5.41) is 3.04. The Morgan fingerprint density at radius 3 is 2.52 bits per heavy atom. The first-order valence-electron chi connectivity index (χ1n) is 10.3. The maximum atomic E-state index is 14.5. The number of hydrogen-bond acceptors (Lipinski definition) is 3. The van der Waals surface area contributed by atoms with Crippen molar-refractivity contribution in [2.75, 3.05) is 10.0 Å². The lowest BCUT2D eigenvalue weighted by Crippen LogP contribution is -2.27. The smallest absolute Gasteiger partial charge is 0.254 e. The maximum Gasteiger partial charge on any atom is 0.254 e. The van der Waals surface area contributed by atoms with Crippen molar-refractivity contribution in [3.05, 3.63) is 51.6 Å². The van der Waals surface area contributed by atoms with E-state index in [1.54, 1.807) is 26.1 Å². The maximum absolute atomic E-state index is 14.5. The van der Waals surface area contributed by atoms with Crippen LogP contribution in [-0.2, 0) is 24.5 Å². The molecule has 5 nitrogen and oxygen atoms in total. The normalized spacial score (nSPS) is 15.8. The van der Waals surface area contributed by atoms with E-state index in [9.17, 15) is 13.4 Å². The summed E-state index contributed by atoms with van der Waals surface area (Å²) in [6, 6.07) is 6.70. The van der Waals surface area contributed by atoms with Crippen molar-refractivity contribution in [1.82, 2.24) is 4.57 Å². The second-order valence-corrected chi connectivity index (χ2v) is 9.51. The molecule has 7 heteroatoms. The molecule has 0 bridgehead atoms. The number of benzene rings is 1. The first-order chi connectivity index (χ1) is 13.8. The number of nitrogens with zero attached hydrogens (tertiary/aromatic N) is 1. The lowest BCUT2D eigenvalue weighted by molar-refractivity contribution is 0.629. The van der Waals surface area contributed by atoms with Crippen molar-refractivity contribution >= 4 is 28.2 Å². The van der Waals surface area contributed by atoms with Crippen LogP contribution in [0, 0.1) is 12.7 Å². The molecule has 3 rings (SSSR count). The van der Waals surface area contributed by atoms with Gasteiger partial charge in [0.05, 0.1) is 16.1 Å². The molecule has 2 N–H and O–H groups in total. The number of aryl methyl sites for hydroxylation is 2. The van der Waals surface area contributed by atoms with Gasteiger partial charge in [-0.3, -0.25) is 9.36 Å². The fraction of sp³-hybridized carbons (Fsp3) is 0.500. The van der Waals surface area contributed by atoms with Gasteiger partial charge in [-0.2, -0.15) is 0 Å². The molecular weight excluding hydrogens is 389 g/mol. The summed E-state index contributed by atoms with van der Waals surface area (Å²) < 4.78 is 32.0. The Hall–Kier alpha value is -2.15. The molecule has 1 aliphatic rings. The minimum absolute atomic E-state index is 0.179. The van der Waals surface area contributed by atoms with Gasteiger partial charge in [0.25, 0.3) is 5.56 Å². The molecule has 1 heterocycles. The molecule has 1 aromatic carbocycles. The van der Waals surface area contributed by atoms with Crippen molar-refractivity contribution in [2.45, 2.75) is 64.0 Å². The molecule has 2 aromatic rings. The molecule has 0 spiro atoms. The Balaban J connectivity index is 1.94. The van der Waals surface area contributed by atoms with E-state index in [0.717, 1.165) is 44.1 Å². The molecule has 1 fully saturated rings. The predicted octanol–water partition coefficient (Wildman–Crippen LogP) is 4.94. The average Bonchev–Trinajstić information content (AvgIpc) is 3.50. The van der Waals surface area contributed by atoms with Crippen LogP contribution in [0.2, 0.25) is 0 Å². The van der Waals surface area contributed by atoms with Gasteiger partial charge in [-0.1, -0.05) is 32.8 Å². The zero-order valence-corrected chi connectivity index (χ0v) is 18.4. The van der Waals surface area contributed by atoms with Crippen molar-refractivity contribution in [1.29, 1.82) is 0 Å². The predicted molar refractivity (Wildman–Crippen MR) is 119 cm³/mol. The molecule has 0 saturated heterocycles. The highest BCUT2D eigenvalue weighted by atomic mass is 32.2. The van der Waals surface area contributed by atoms with Gasteiger partial charge in [-0.15, -0.1) is 0 Å². The van der Waals surface area contributed by atoms with Gasteiger partial charge in [0.1, 0.15) is 22.6 Å². The number of rotatable bonds is 9. The van der Waals surface area contributed by atoms with Gasteiger partial charge in [0.2, 0.25) is 0 Å². The number of halogens is 1. The van der Waals surface area contributed by atoms with E-state index >= 15 is 0 Å². The Kier molecular flexibility index (Phi) is 6.46. The SMILES string of the molecule is CCCCC1(S(=O)Nc2cc(C)c(=O)n(C)c2Nc2ccc(CC)cc2F)CC1. The summed E-state index contributed by atoms with van der Waals surface area (Å²) in [7, 11) is 0.360. The van der Waals surface area contributed by atoms with E-state index in [-0.39, 0.29) is 21.8 Å². The fourth-order valence-corrected chi connectivity index (χ4v) is 4.88. The van der Waals surface area contributed by atoms with Gasteiger partial charge in [-0.25, -0.2) is 8.60 Å². The summed E-state index contributed by atoms with van der Waals surface area (Å²) in [5.74, 6) is 0.0226. The third-order valence-corrected chi connectivity index (χ3v) is 7.48. The molecule has 0 aliphatic heterocycles. The number of nitrogens with one attached hydrogen (secondary N) is 2. The van der Waals surface area contributed by atoms with Gasteiger partial charge in [-0.05, 0) is 56.4 Å². The van der Waals surface area contributed by atoms with E-state index < -0.39 is 11.0 Å². The van der Waals surface area contributed by atoms with E-state index in [4.69, 9.17) is 0 Å². The Morgan fingerprint density at radius 1 is 1.21 bits per heavy atom. The quantitative estimate of drug-likeness (QED) is 0.605. The molecule has 1 atom stereocenters. The third kappa shape index (κ3) is 4.55. The number of pyridine rings is 1. The largest absolute Gasteiger partial charge is 0.337 e. The monoisotopic (exact) mass is 419 g/mol. The van der Waals surface area contributed by atoms with Crippen LogP contribution in [0.5, 0.6) is 0 Å². The number of hydrogen-bond donors (Lipinski definition) is 2. The first-order valence-corrected chi connectivity index (χ1v) is 11.4. The topological polar surface area (TPSA) is 63.1 Å². The number of aromatic nitrogens is 1. The van der Waals surface area contributed by atoms with E-state index in [0.29, 0.717) is 17.1 Å². The Morgan fingerprint density at radius 2 is 1.93 bits per heavy atom. The fourth-order valence-electron chi connectivity index (χ4n) is 3.50. The summed E-state index contributed by atoms with van der Waals surface area (Å²) in [5.41, 5.74) is 2.09. The number of anilines is 3. The molecule has 1 aliphatic carbocycles. The molecule has 158 valence electrons. The lowest BCUT2D eigenvalue weighted by atomic mass is 10.1. The third-order valence-electron chi connectivity index (χ3n) is 5.68. The van der Waals surface area contributed by atoms with Crippen LogP contribution >= 0.6 is 0 Å². The van der Waals surface area contributed by atoms with Crippen LogP contribution in [0.3, 0.4) is 0 Å². The van der Waals surface area contributed by atoms with Gasteiger partial charge < -0.3 is 10.0 Å². The van der Waals surface area contributed by atoms with Crippen molar-refractivity contribution in [2.24, 2.45) is 7.05 Å². The van der Waals surface area contributed by atoms with Crippen LogP contribution < -0.4 is 15.6 Å². The second-order valence-electron chi connectivity index (χ2n) is 7.90. The van der Waals surface area contributed by atoms with Gasteiger partial charge >= 0.3 is 0 Å². The molecule has 1 saturated carbocycles.